The van der Waals surface area contributed by atoms with Crippen LogP contribution in [0.25, 0.3) is 0 Å². The maximum Gasteiger partial charge on any atom is 0.328 e. The molecule has 4 saturated carbocycles. The van der Waals surface area contributed by atoms with Crippen LogP contribution in [-0.4, -0.2) is 119 Å². The number of nitrogens with zero attached hydrogens (tertiary/aromatic N) is 4. The highest BCUT2D eigenvalue weighted by molar-refractivity contribution is 6.07. The Hall–Kier alpha value is -3.55. The first kappa shape index (κ1) is 42.1. The minimum Gasteiger partial charge on any atom is -0.459 e. The van der Waals surface area contributed by atoms with Gasteiger partial charge in [0.25, 0.3) is 11.8 Å². The first-order valence-corrected chi connectivity index (χ1v) is 20.9. The fourth-order valence-corrected chi connectivity index (χ4v) is 11.4. The Balaban J connectivity index is 1.12. The van der Waals surface area contributed by atoms with Crippen molar-refractivity contribution in [2.45, 2.75) is 166 Å². The molecule has 2 heterocycles. The SMILES string of the molecule is CCCC(C)(CC(O)CN1C(=O)N(CC(O)CN2C(=O)C(c3ccccc3)N(C(C)(CC)CCC)C2=O)C(C)(C)C1=O)OC(=O)C12CC3CC(CC(O)(C3)C1)C2. The fourth-order valence-electron chi connectivity index (χ4n) is 11.4. The highest BCUT2D eigenvalue weighted by Crippen LogP contribution is 2.62. The Morgan fingerprint density at radius 2 is 1.46 bits per heavy atom. The molecule has 3 N–H and O–H groups in total. The zero-order valence-electron chi connectivity index (χ0n) is 34.5. The van der Waals surface area contributed by atoms with Crippen molar-refractivity contribution in [1.29, 1.82) is 0 Å². The maximum atomic E-state index is 14.1. The monoisotopic (exact) mass is 780 g/mol. The zero-order valence-corrected chi connectivity index (χ0v) is 34.5. The average Bonchev–Trinajstić information content (AvgIpc) is 3.44. The number of urea groups is 2. The van der Waals surface area contributed by atoms with Gasteiger partial charge >= 0.3 is 18.0 Å². The van der Waals surface area contributed by atoms with Crippen LogP contribution in [0, 0.1) is 17.3 Å². The van der Waals surface area contributed by atoms with Crippen molar-refractivity contribution in [2.24, 2.45) is 17.3 Å². The van der Waals surface area contributed by atoms with Crippen molar-refractivity contribution in [1.82, 2.24) is 19.6 Å². The molecule has 7 atom stereocenters. The smallest absolute Gasteiger partial charge is 0.328 e. The van der Waals surface area contributed by atoms with Gasteiger partial charge in [0.15, 0.2) is 0 Å². The van der Waals surface area contributed by atoms with Crippen LogP contribution in [0.4, 0.5) is 9.59 Å². The molecule has 4 bridgehead atoms. The van der Waals surface area contributed by atoms with Gasteiger partial charge in [-0.2, -0.15) is 0 Å². The van der Waals surface area contributed by atoms with E-state index in [1.54, 1.807) is 25.7 Å². The molecular formula is C43H64N4O9. The molecule has 1 aromatic carbocycles. The van der Waals surface area contributed by atoms with E-state index in [4.69, 9.17) is 4.74 Å². The third kappa shape index (κ3) is 7.59. The number of rotatable bonds is 17. The number of aliphatic hydroxyl groups is 3. The summed E-state index contributed by atoms with van der Waals surface area (Å²) in [5.41, 5.74) is -3.98. The van der Waals surface area contributed by atoms with Crippen molar-refractivity contribution in [3.05, 3.63) is 35.9 Å². The second kappa shape index (κ2) is 15.3. The molecular weight excluding hydrogens is 716 g/mol. The van der Waals surface area contributed by atoms with Gasteiger partial charge in [0, 0.05) is 12.0 Å². The van der Waals surface area contributed by atoms with Crippen LogP contribution in [-0.2, 0) is 19.1 Å². The summed E-state index contributed by atoms with van der Waals surface area (Å²) in [6.07, 6.45) is 4.91. The summed E-state index contributed by atoms with van der Waals surface area (Å²) in [5.74, 6) is -0.756. The fraction of sp³-hybridized carbons (Fsp3) is 0.744. The van der Waals surface area contributed by atoms with Crippen molar-refractivity contribution in [3.8, 4) is 0 Å². The van der Waals surface area contributed by atoms with E-state index in [2.05, 4.69) is 0 Å². The van der Waals surface area contributed by atoms with Gasteiger partial charge in [-0.05, 0) is 103 Å². The lowest BCUT2D eigenvalue weighted by molar-refractivity contribution is -0.208. The number of imide groups is 2. The lowest BCUT2D eigenvalue weighted by Crippen LogP contribution is -2.59. The van der Waals surface area contributed by atoms with Crippen LogP contribution in [0.5, 0.6) is 0 Å². The Kier molecular flexibility index (Phi) is 11.5. The Labute approximate surface area is 331 Å². The average molecular weight is 781 g/mol. The number of benzene rings is 1. The molecule has 6 amide bonds. The molecule has 0 aromatic heterocycles. The number of ether oxygens (including phenoxy) is 1. The molecule has 310 valence electrons. The first-order chi connectivity index (χ1) is 26.2. The number of aliphatic hydroxyl groups excluding tert-OH is 2. The molecule has 13 heteroatoms. The summed E-state index contributed by atoms with van der Waals surface area (Å²) in [6.45, 7) is 11.8. The third-order valence-electron chi connectivity index (χ3n) is 13.8. The van der Waals surface area contributed by atoms with Gasteiger partial charge < -0.3 is 29.9 Å². The van der Waals surface area contributed by atoms with Crippen LogP contribution < -0.4 is 0 Å². The summed E-state index contributed by atoms with van der Waals surface area (Å²) >= 11 is 0. The molecule has 4 aliphatic carbocycles. The second-order valence-corrected chi connectivity index (χ2v) is 18.9. The summed E-state index contributed by atoms with van der Waals surface area (Å²) in [5, 5.41) is 34.1. The highest BCUT2D eigenvalue weighted by atomic mass is 16.6. The number of hydrogen-bond donors (Lipinski definition) is 3. The number of β-amino-alcohol motifs (C(OH)–C–C–N with tert-alkyl or cyclic N) is 2. The number of hydrogen-bond acceptors (Lipinski definition) is 9. The van der Waals surface area contributed by atoms with Crippen LogP contribution in [0.3, 0.4) is 0 Å². The van der Waals surface area contributed by atoms with E-state index in [1.807, 2.05) is 58.0 Å². The molecule has 7 rings (SSSR count). The van der Waals surface area contributed by atoms with Crippen molar-refractivity contribution < 1.29 is 44.0 Å². The molecule has 1 aromatic rings. The predicted molar refractivity (Wildman–Crippen MR) is 208 cm³/mol. The minimum absolute atomic E-state index is 0.00707. The van der Waals surface area contributed by atoms with Gasteiger partial charge in [0.2, 0.25) is 0 Å². The Morgan fingerprint density at radius 3 is 2.04 bits per heavy atom. The predicted octanol–water partition coefficient (Wildman–Crippen LogP) is 5.55. The van der Waals surface area contributed by atoms with Crippen LogP contribution >= 0.6 is 0 Å². The van der Waals surface area contributed by atoms with Crippen LogP contribution in [0.15, 0.2) is 30.3 Å². The highest BCUT2D eigenvalue weighted by Gasteiger charge is 2.62. The number of esters is 1. The number of amides is 6. The number of carbonyl (C=O) groups is 5. The summed E-state index contributed by atoms with van der Waals surface area (Å²) in [6, 6.07) is 7.02. The lowest BCUT2D eigenvalue weighted by Gasteiger charge is -2.59. The van der Waals surface area contributed by atoms with Crippen molar-refractivity contribution in [3.63, 3.8) is 0 Å². The largest absolute Gasteiger partial charge is 0.459 e. The molecule has 0 radical (unpaired) electrons. The van der Waals surface area contributed by atoms with Crippen molar-refractivity contribution in [2.75, 3.05) is 19.6 Å². The standard InChI is InChI=1S/C43H64N4O9/c1-8-16-40(6,10-3)47-33(30-14-12-11-13-15-30)34(50)44(38(47)54)25-32(49)26-46-37(53)45(35(51)39(46,4)5)24-31(48)23-41(7,17-9-2)56-36(52)42-19-28-18-29(20-42)22-43(55,21-28)27-42/h11-15,28-29,31-33,48-49,55H,8-10,16-27H2,1-7H3. The third-order valence-corrected chi connectivity index (χ3v) is 13.8. The Bertz CT molecular complexity index is 1670. The quantitative estimate of drug-likeness (QED) is 0.136. The van der Waals surface area contributed by atoms with Gasteiger partial charge in [-0.25, -0.2) is 9.59 Å². The van der Waals surface area contributed by atoms with E-state index in [-0.39, 0.29) is 32.0 Å². The summed E-state index contributed by atoms with van der Waals surface area (Å²) < 4.78 is 6.27. The minimum atomic E-state index is -1.39. The first-order valence-electron chi connectivity index (χ1n) is 20.9. The summed E-state index contributed by atoms with van der Waals surface area (Å²) in [7, 11) is 0. The van der Waals surface area contributed by atoms with E-state index in [9.17, 15) is 39.3 Å². The van der Waals surface area contributed by atoms with Crippen LogP contribution in [0.2, 0.25) is 0 Å². The maximum absolute atomic E-state index is 14.1. The molecule has 6 fully saturated rings. The molecule has 56 heavy (non-hydrogen) atoms. The Morgan fingerprint density at radius 1 is 0.857 bits per heavy atom. The molecule has 13 nitrogen and oxygen atoms in total. The van der Waals surface area contributed by atoms with Crippen LogP contribution in [0.1, 0.15) is 137 Å². The lowest BCUT2D eigenvalue weighted by atomic mass is 9.48. The van der Waals surface area contributed by atoms with Gasteiger partial charge in [0.05, 0.1) is 42.9 Å². The van der Waals surface area contributed by atoms with Gasteiger partial charge in [-0.1, -0.05) is 63.9 Å². The molecule has 0 spiro atoms. The molecule has 2 aliphatic heterocycles. The van der Waals surface area contributed by atoms with E-state index in [1.165, 1.54) is 4.90 Å². The van der Waals surface area contributed by atoms with E-state index in [0.717, 1.165) is 35.5 Å². The van der Waals surface area contributed by atoms with Gasteiger partial charge in [-0.3, -0.25) is 24.2 Å². The van der Waals surface area contributed by atoms with E-state index in [0.29, 0.717) is 62.3 Å². The summed E-state index contributed by atoms with van der Waals surface area (Å²) in [4.78, 5) is 74.6. The molecule has 7 unspecified atom stereocenters. The molecule has 2 saturated heterocycles. The second-order valence-electron chi connectivity index (χ2n) is 18.9. The van der Waals surface area contributed by atoms with E-state index >= 15 is 0 Å². The number of carbonyl (C=O) groups excluding carboxylic acids is 5. The topological polar surface area (TPSA) is 168 Å². The zero-order chi connectivity index (χ0) is 41.0. The normalized spacial score (nSPS) is 31.6. The van der Waals surface area contributed by atoms with Crippen molar-refractivity contribution >= 4 is 29.8 Å². The van der Waals surface area contributed by atoms with Gasteiger partial charge in [0.1, 0.15) is 17.2 Å². The van der Waals surface area contributed by atoms with Gasteiger partial charge in [-0.15, -0.1) is 0 Å². The van der Waals surface area contributed by atoms with E-state index < -0.39 is 69.8 Å². The molecule has 6 aliphatic rings.